The number of β-lactam (4-membered cyclic amide) rings is 1. The molecule has 2 aliphatic rings. The molecule has 1 N–H and O–H groups in total. The molecular weight excluding hydrogens is 542 g/mol. The molecule has 0 radical (unpaired) electrons. The van der Waals surface area contributed by atoms with Crippen LogP contribution in [0.2, 0.25) is 0 Å². The van der Waals surface area contributed by atoms with Crippen molar-refractivity contribution in [1.29, 1.82) is 0 Å². The fourth-order valence-corrected chi connectivity index (χ4v) is 5.83. The number of nitro benzene ring substituents is 1. The molecule has 1 fully saturated rings. The molecule has 4 rings (SSSR count). The van der Waals surface area contributed by atoms with Gasteiger partial charge in [0.25, 0.3) is 17.3 Å². The SMILES string of the molecule is COC1(NC(=O)Cc2ccccc2)C(=O)N2C(C(=O)OCc3ccc([N+](=O)[O-])cc3)=C(Br)CS[C@H]21. The van der Waals surface area contributed by atoms with E-state index >= 15 is 0 Å². The Kier molecular flexibility index (Phi) is 7.24. The average molecular weight is 562 g/mol. The van der Waals surface area contributed by atoms with Gasteiger partial charge in [0.05, 0.1) is 11.3 Å². The van der Waals surface area contributed by atoms with Crippen molar-refractivity contribution in [2.75, 3.05) is 12.9 Å². The number of carbonyl (C=O) groups excluding carboxylic acids is 3. The van der Waals surface area contributed by atoms with Crippen LogP contribution >= 0.6 is 27.7 Å². The topological polar surface area (TPSA) is 128 Å². The van der Waals surface area contributed by atoms with Gasteiger partial charge >= 0.3 is 5.97 Å². The fourth-order valence-electron chi connectivity index (χ4n) is 3.80. The molecule has 0 aliphatic carbocycles. The second kappa shape index (κ2) is 10.2. The standard InChI is InChI=1S/C23H20BrN3O7S/c1-33-23(25-18(28)11-14-5-3-2-4-6-14)21(30)26-19(17(24)13-35-22(23)26)20(29)34-12-15-7-9-16(10-8-15)27(31)32/h2-10,22H,11-13H2,1H3,(H,25,28)/t22-,23?/m0/s1. The largest absolute Gasteiger partial charge is 0.456 e. The van der Waals surface area contributed by atoms with Gasteiger partial charge in [0.15, 0.2) is 0 Å². The van der Waals surface area contributed by atoms with Crippen LogP contribution in [0.15, 0.2) is 64.8 Å². The van der Waals surface area contributed by atoms with E-state index in [4.69, 9.17) is 9.47 Å². The minimum atomic E-state index is -1.60. The second-order valence-corrected chi connectivity index (χ2v) is 9.77. The Labute approximate surface area is 212 Å². The Bertz CT molecular complexity index is 1210. The normalized spacial score (nSPS) is 21.1. The summed E-state index contributed by atoms with van der Waals surface area (Å²) in [6.45, 7) is -0.135. The van der Waals surface area contributed by atoms with Gasteiger partial charge in [-0.25, -0.2) is 4.79 Å². The van der Waals surface area contributed by atoms with Crippen LogP contribution in [0.4, 0.5) is 5.69 Å². The van der Waals surface area contributed by atoms with Gasteiger partial charge in [-0.15, -0.1) is 11.8 Å². The van der Waals surface area contributed by atoms with E-state index in [1.54, 1.807) is 0 Å². The third kappa shape index (κ3) is 4.81. The number of benzene rings is 2. The molecule has 1 saturated heterocycles. The zero-order valence-electron chi connectivity index (χ0n) is 18.4. The number of non-ortho nitro benzene ring substituents is 1. The zero-order valence-corrected chi connectivity index (χ0v) is 20.8. The van der Waals surface area contributed by atoms with E-state index in [-0.39, 0.29) is 30.3 Å². The molecule has 0 bridgehead atoms. The third-order valence-electron chi connectivity index (χ3n) is 5.55. The van der Waals surface area contributed by atoms with Crippen LogP contribution in [0, 0.1) is 10.1 Å². The van der Waals surface area contributed by atoms with Crippen molar-refractivity contribution in [3.05, 3.63) is 86.0 Å². The molecule has 2 atom stereocenters. The summed E-state index contributed by atoms with van der Waals surface area (Å²) in [4.78, 5) is 50.3. The van der Waals surface area contributed by atoms with Crippen molar-refractivity contribution in [3.8, 4) is 0 Å². The molecule has 2 aromatic rings. The molecule has 10 nitrogen and oxygen atoms in total. The molecule has 2 aliphatic heterocycles. The predicted octanol–water partition coefficient (Wildman–Crippen LogP) is 2.86. The average Bonchev–Trinajstić information content (AvgIpc) is 2.86. The number of hydrogen-bond acceptors (Lipinski definition) is 8. The number of nitro groups is 1. The maximum absolute atomic E-state index is 13.2. The summed E-state index contributed by atoms with van der Waals surface area (Å²) in [5.41, 5.74) is -0.306. The van der Waals surface area contributed by atoms with Crippen molar-refractivity contribution >= 4 is 51.2 Å². The van der Waals surface area contributed by atoms with Gasteiger partial charge in [-0.05, 0) is 23.3 Å². The molecule has 2 heterocycles. The first kappa shape index (κ1) is 24.9. The summed E-state index contributed by atoms with van der Waals surface area (Å²) in [5, 5.41) is 12.8. The minimum absolute atomic E-state index is 0.0330. The number of hydrogen-bond donors (Lipinski definition) is 1. The number of fused-ring (bicyclic) bond motifs is 1. The highest BCUT2D eigenvalue weighted by Crippen LogP contribution is 2.47. The lowest BCUT2D eigenvalue weighted by atomic mass is 9.99. The van der Waals surface area contributed by atoms with Crippen molar-refractivity contribution in [2.45, 2.75) is 24.1 Å². The quantitative estimate of drug-likeness (QED) is 0.171. The Morgan fingerprint density at radius 1 is 1.20 bits per heavy atom. The van der Waals surface area contributed by atoms with Crippen LogP contribution in [-0.2, 0) is 36.9 Å². The smallest absolute Gasteiger partial charge is 0.356 e. The lowest BCUT2D eigenvalue weighted by Crippen LogP contribution is -2.80. The highest BCUT2D eigenvalue weighted by atomic mass is 79.9. The van der Waals surface area contributed by atoms with E-state index in [0.29, 0.717) is 15.8 Å². The van der Waals surface area contributed by atoms with E-state index < -0.39 is 27.9 Å². The van der Waals surface area contributed by atoms with E-state index in [0.717, 1.165) is 5.56 Å². The van der Waals surface area contributed by atoms with Gasteiger partial charge in [-0.1, -0.05) is 46.3 Å². The third-order valence-corrected chi connectivity index (χ3v) is 7.89. The first-order valence-electron chi connectivity index (χ1n) is 10.4. The Hall–Kier alpha value is -3.22. The van der Waals surface area contributed by atoms with Crippen molar-refractivity contribution in [1.82, 2.24) is 10.2 Å². The number of rotatable bonds is 8. The minimum Gasteiger partial charge on any atom is -0.456 e. The molecule has 35 heavy (non-hydrogen) atoms. The first-order valence-corrected chi connectivity index (χ1v) is 12.3. The summed E-state index contributed by atoms with van der Waals surface area (Å²) in [6.07, 6.45) is 0.0697. The maximum Gasteiger partial charge on any atom is 0.356 e. The summed E-state index contributed by atoms with van der Waals surface area (Å²) >= 11 is 4.69. The number of halogens is 1. The Balaban J connectivity index is 1.45. The number of esters is 1. The molecular formula is C23H20BrN3O7S. The number of methoxy groups -OCH3 is 1. The molecule has 2 aromatic carbocycles. The van der Waals surface area contributed by atoms with Crippen molar-refractivity contribution in [2.24, 2.45) is 0 Å². The second-order valence-electron chi connectivity index (χ2n) is 7.74. The number of amides is 2. The lowest BCUT2D eigenvalue weighted by molar-refractivity contribution is -0.384. The molecule has 0 spiro atoms. The van der Waals surface area contributed by atoms with Gasteiger partial charge in [0.1, 0.15) is 17.7 Å². The van der Waals surface area contributed by atoms with Crippen LogP contribution in [0.25, 0.3) is 0 Å². The highest BCUT2D eigenvalue weighted by molar-refractivity contribution is 9.11. The van der Waals surface area contributed by atoms with Crippen molar-refractivity contribution < 1.29 is 28.8 Å². The number of thioether (sulfide) groups is 1. The van der Waals surface area contributed by atoms with Crippen molar-refractivity contribution in [3.63, 3.8) is 0 Å². The maximum atomic E-state index is 13.2. The van der Waals surface area contributed by atoms with E-state index in [2.05, 4.69) is 21.2 Å². The Morgan fingerprint density at radius 2 is 1.89 bits per heavy atom. The molecule has 0 aromatic heterocycles. The van der Waals surface area contributed by atoms with Crippen LogP contribution < -0.4 is 5.32 Å². The number of nitrogens with one attached hydrogen (secondary N) is 1. The number of ether oxygens (including phenoxy) is 2. The molecule has 182 valence electrons. The number of carbonyl (C=O) groups is 3. The van der Waals surface area contributed by atoms with E-state index in [1.807, 2.05) is 30.3 Å². The van der Waals surface area contributed by atoms with Crippen LogP contribution in [0.5, 0.6) is 0 Å². The molecule has 1 unspecified atom stereocenters. The fraction of sp³-hybridized carbons (Fsp3) is 0.261. The zero-order chi connectivity index (χ0) is 25.2. The van der Waals surface area contributed by atoms with Gasteiger partial charge < -0.3 is 14.8 Å². The molecule has 12 heteroatoms. The van der Waals surface area contributed by atoms with Crippen LogP contribution in [0.3, 0.4) is 0 Å². The molecule has 2 amide bonds. The van der Waals surface area contributed by atoms with E-state index in [9.17, 15) is 24.5 Å². The van der Waals surface area contributed by atoms with Gasteiger partial charge in [0, 0.05) is 29.5 Å². The van der Waals surface area contributed by atoms with Gasteiger partial charge in [0.2, 0.25) is 5.91 Å². The van der Waals surface area contributed by atoms with Gasteiger partial charge in [-0.2, -0.15) is 0 Å². The summed E-state index contributed by atoms with van der Waals surface area (Å²) in [7, 11) is 1.33. The summed E-state index contributed by atoms with van der Waals surface area (Å²) in [5.74, 6) is -1.36. The van der Waals surface area contributed by atoms with E-state index in [1.165, 1.54) is 48.0 Å². The number of nitrogens with zero attached hydrogens (tertiary/aromatic N) is 2. The van der Waals surface area contributed by atoms with Crippen LogP contribution in [0.1, 0.15) is 11.1 Å². The van der Waals surface area contributed by atoms with Crippen LogP contribution in [-0.4, -0.2) is 51.6 Å². The molecule has 0 saturated carbocycles. The highest BCUT2D eigenvalue weighted by Gasteiger charge is 2.66. The Morgan fingerprint density at radius 3 is 2.51 bits per heavy atom. The monoisotopic (exact) mass is 561 g/mol. The summed E-state index contributed by atoms with van der Waals surface area (Å²) in [6, 6.07) is 14.7. The van der Waals surface area contributed by atoms with Gasteiger partial charge in [-0.3, -0.25) is 24.6 Å². The summed E-state index contributed by atoms with van der Waals surface area (Å²) < 4.78 is 11.3. The predicted molar refractivity (Wildman–Crippen MR) is 130 cm³/mol. The lowest BCUT2D eigenvalue weighted by Gasteiger charge is -2.55. The first-order chi connectivity index (χ1) is 16.8.